The van der Waals surface area contributed by atoms with Gasteiger partial charge in [-0.3, -0.25) is 0 Å². The fraction of sp³-hybridized carbons (Fsp3) is 0.857. The van der Waals surface area contributed by atoms with Crippen LogP contribution < -0.4 is 9.44 Å². The van der Waals surface area contributed by atoms with E-state index in [0.717, 1.165) is 0 Å². The number of carbonyl (C=O) groups is 1. The van der Waals surface area contributed by atoms with E-state index in [-0.39, 0.29) is 19.1 Å². The number of nitrogens with one attached hydrogen (secondary N) is 2. The van der Waals surface area contributed by atoms with Crippen LogP contribution in [0.15, 0.2) is 0 Å². The first kappa shape index (κ1) is 14.5. The lowest BCUT2D eigenvalue weighted by molar-refractivity contribution is 0.158. The molecule has 6 nitrogen and oxygen atoms in total. The van der Waals surface area contributed by atoms with Crippen molar-refractivity contribution < 1.29 is 17.9 Å². The number of carbonyl (C=O) groups excluding carboxylic acids is 1. The van der Waals surface area contributed by atoms with E-state index in [2.05, 4.69) is 9.46 Å². The van der Waals surface area contributed by atoms with Gasteiger partial charge in [0.05, 0.1) is 6.61 Å². The van der Waals surface area contributed by atoms with Crippen LogP contribution in [0.2, 0.25) is 0 Å². The van der Waals surface area contributed by atoms with Crippen molar-refractivity contribution in [1.29, 1.82) is 0 Å². The molecule has 0 aromatic carbocycles. The largest absolute Gasteiger partial charge is 0.449 e. The standard InChI is InChI=1S/C7H15ClN2O4S/c1-3-14-7(11)10-15(12,13)9-5-6(2)4-8/h6,9H,3-5H2,1-2H3,(H,10,11). The van der Waals surface area contributed by atoms with Gasteiger partial charge in [-0.2, -0.15) is 13.1 Å². The van der Waals surface area contributed by atoms with E-state index in [0.29, 0.717) is 5.88 Å². The van der Waals surface area contributed by atoms with Gasteiger partial charge in [-0.15, -0.1) is 11.6 Å². The second-order valence-corrected chi connectivity index (χ2v) is 4.74. The summed E-state index contributed by atoms with van der Waals surface area (Å²) in [4.78, 5) is 10.8. The highest BCUT2D eigenvalue weighted by atomic mass is 35.5. The lowest BCUT2D eigenvalue weighted by atomic mass is 10.2. The molecule has 0 saturated heterocycles. The molecule has 90 valence electrons. The van der Waals surface area contributed by atoms with E-state index in [4.69, 9.17) is 11.6 Å². The monoisotopic (exact) mass is 258 g/mol. The predicted octanol–water partition coefficient (Wildman–Crippen LogP) is 0.442. The van der Waals surface area contributed by atoms with Crippen molar-refractivity contribution in [2.45, 2.75) is 13.8 Å². The molecule has 0 saturated carbocycles. The van der Waals surface area contributed by atoms with Crippen LogP contribution in [0.4, 0.5) is 4.79 Å². The van der Waals surface area contributed by atoms with Crippen LogP contribution >= 0.6 is 11.6 Å². The molecule has 0 aliphatic heterocycles. The van der Waals surface area contributed by atoms with E-state index < -0.39 is 16.3 Å². The molecule has 8 heteroatoms. The molecule has 0 radical (unpaired) electrons. The average Bonchev–Trinajstić information content (AvgIpc) is 2.13. The summed E-state index contributed by atoms with van der Waals surface area (Å²) in [6.07, 6.45) is -0.997. The summed E-state index contributed by atoms with van der Waals surface area (Å²) >= 11 is 5.49. The van der Waals surface area contributed by atoms with Gasteiger partial charge >= 0.3 is 16.3 Å². The minimum Gasteiger partial charge on any atom is -0.449 e. The SMILES string of the molecule is CCOC(=O)NS(=O)(=O)NCC(C)CCl. The van der Waals surface area contributed by atoms with Crippen molar-refractivity contribution >= 4 is 27.9 Å². The Morgan fingerprint density at radius 1 is 1.53 bits per heavy atom. The Kier molecular flexibility index (Phi) is 6.62. The molecule has 0 aliphatic rings. The highest BCUT2D eigenvalue weighted by molar-refractivity contribution is 7.88. The number of amides is 1. The Morgan fingerprint density at radius 3 is 2.60 bits per heavy atom. The molecule has 0 aliphatic carbocycles. The average molecular weight is 259 g/mol. The normalized spacial score (nSPS) is 13.3. The zero-order valence-corrected chi connectivity index (χ0v) is 10.2. The maximum Gasteiger partial charge on any atom is 0.421 e. The molecule has 0 spiro atoms. The van der Waals surface area contributed by atoms with Crippen molar-refractivity contribution in [3.05, 3.63) is 0 Å². The summed E-state index contributed by atoms with van der Waals surface area (Å²) in [7, 11) is -3.84. The molecule has 0 fully saturated rings. The van der Waals surface area contributed by atoms with Crippen LogP contribution in [0.1, 0.15) is 13.8 Å². The van der Waals surface area contributed by atoms with Gasteiger partial charge in [-0.05, 0) is 12.8 Å². The molecule has 15 heavy (non-hydrogen) atoms. The van der Waals surface area contributed by atoms with E-state index in [1.54, 1.807) is 18.6 Å². The van der Waals surface area contributed by atoms with Crippen LogP contribution in [0, 0.1) is 5.92 Å². The first-order valence-electron chi connectivity index (χ1n) is 4.41. The highest BCUT2D eigenvalue weighted by Gasteiger charge is 2.15. The maximum absolute atomic E-state index is 11.2. The first-order chi connectivity index (χ1) is 6.91. The molecule has 0 aromatic heterocycles. The predicted molar refractivity (Wildman–Crippen MR) is 57.0 cm³/mol. The number of alkyl halides is 1. The second-order valence-electron chi connectivity index (χ2n) is 2.93. The van der Waals surface area contributed by atoms with Crippen molar-refractivity contribution in [3.63, 3.8) is 0 Å². The van der Waals surface area contributed by atoms with E-state index >= 15 is 0 Å². The zero-order valence-electron chi connectivity index (χ0n) is 8.62. The summed E-state index contributed by atoms with van der Waals surface area (Å²) in [6.45, 7) is 3.63. The third-order valence-electron chi connectivity index (χ3n) is 1.38. The number of hydrogen-bond acceptors (Lipinski definition) is 4. The third kappa shape index (κ3) is 7.40. The van der Waals surface area contributed by atoms with Gasteiger partial charge in [0.25, 0.3) is 0 Å². The Balaban J connectivity index is 4.03. The van der Waals surface area contributed by atoms with Crippen molar-refractivity contribution in [1.82, 2.24) is 9.44 Å². The molecular formula is C7H15ClN2O4S. The quantitative estimate of drug-likeness (QED) is 0.677. The molecule has 1 amide bonds. The molecule has 1 unspecified atom stereocenters. The minimum absolute atomic E-state index is 0.00885. The van der Waals surface area contributed by atoms with Gasteiger partial charge in [0.15, 0.2) is 0 Å². The topological polar surface area (TPSA) is 84.5 Å². The summed E-state index contributed by atoms with van der Waals surface area (Å²) in [5.41, 5.74) is 0. The molecule has 0 heterocycles. The third-order valence-corrected chi connectivity index (χ3v) is 2.89. The Bertz CT molecular complexity index is 293. The molecule has 0 bridgehead atoms. The van der Waals surface area contributed by atoms with Gasteiger partial charge < -0.3 is 4.74 Å². The number of hydrogen-bond donors (Lipinski definition) is 2. The van der Waals surface area contributed by atoms with Crippen LogP contribution in [0.5, 0.6) is 0 Å². The van der Waals surface area contributed by atoms with Gasteiger partial charge in [0.2, 0.25) is 0 Å². The van der Waals surface area contributed by atoms with Gasteiger partial charge in [-0.25, -0.2) is 9.52 Å². The van der Waals surface area contributed by atoms with Crippen LogP contribution in [0.25, 0.3) is 0 Å². The molecule has 0 rings (SSSR count). The molecule has 0 aromatic rings. The number of ether oxygens (including phenoxy) is 1. The minimum atomic E-state index is -3.84. The van der Waals surface area contributed by atoms with Crippen molar-refractivity contribution in [2.75, 3.05) is 19.0 Å². The second kappa shape index (κ2) is 6.86. The fourth-order valence-corrected chi connectivity index (χ4v) is 1.58. The Morgan fingerprint density at radius 2 is 2.13 bits per heavy atom. The Labute approximate surface area is 94.5 Å². The maximum atomic E-state index is 11.2. The van der Waals surface area contributed by atoms with Gasteiger partial charge in [0, 0.05) is 12.4 Å². The summed E-state index contributed by atoms with van der Waals surface area (Å²) in [5, 5.41) is 0. The van der Waals surface area contributed by atoms with Crippen molar-refractivity contribution in [2.24, 2.45) is 5.92 Å². The number of rotatable bonds is 6. The van der Waals surface area contributed by atoms with Gasteiger partial charge in [-0.1, -0.05) is 6.92 Å². The summed E-state index contributed by atoms with van der Waals surface area (Å²) < 4.78 is 30.6. The summed E-state index contributed by atoms with van der Waals surface area (Å²) in [6, 6.07) is 0. The zero-order chi connectivity index (χ0) is 11.9. The molecule has 1 atom stereocenters. The van der Waals surface area contributed by atoms with E-state index in [1.807, 2.05) is 0 Å². The fourth-order valence-electron chi connectivity index (χ4n) is 0.613. The molecule has 2 N–H and O–H groups in total. The lowest BCUT2D eigenvalue weighted by Gasteiger charge is -2.10. The lowest BCUT2D eigenvalue weighted by Crippen LogP contribution is -2.42. The van der Waals surface area contributed by atoms with E-state index in [1.165, 1.54) is 0 Å². The number of halogens is 1. The highest BCUT2D eigenvalue weighted by Crippen LogP contribution is 1.95. The van der Waals surface area contributed by atoms with Crippen LogP contribution in [-0.2, 0) is 14.9 Å². The van der Waals surface area contributed by atoms with Crippen molar-refractivity contribution in [3.8, 4) is 0 Å². The van der Waals surface area contributed by atoms with Crippen LogP contribution in [0.3, 0.4) is 0 Å². The Hall–Kier alpha value is -0.530. The first-order valence-corrected chi connectivity index (χ1v) is 6.43. The molecular weight excluding hydrogens is 244 g/mol. The summed E-state index contributed by atoms with van der Waals surface area (Å²) in [5.74, 6) is 0.326. The smallest absolute Gasteiger partial charge is 0.421 e. The van der Waals surface area contributed by atoms with Crippen LogP contribution in [-0.4, -0.2) is 33.5 Å². The van der Waals surface area contributed by atoms with Gasteiger partial charge in [0.1, 0.15) is 0 Å². The van der Waals surface area contributed by atoms with E-state index in [9.17, 15) is 13.2 Å².